The minimum Gasteiger partial charge on any atom is -0.378 e. The summed E-state index contributed by atoms with van der Waals surface area (Å²) in [6, 6.07) is 11.4. The van der Waals surface area contributed by atoms with Crippen molar-refractivity contribution in [3.8, 4) is 0 Å². The standard InChI is InChI=1S/C22H19ClFN3O4S/c23-17-2-1-3-18(24)16(17)12-19-21(29)27(22(30)32-19)13-20(28)25-14-4-6-15(7-5-14)26-8-10-31-11-9-26/h1-7,12H,8-11,13H2,(H,25,28)/b19-12-. The number of morpholine rings is 1. The van der Waals surface area contributed by atoms with Gasteiger partial charge in [-0.3, -0.25) is 19.3 Å². The van der Waals surface area contributed by atoms with E-state index in [0.717, 1.165) is 23.7 Å². The zero-order valence-electron chi connectivity index (χ0n) is 16.8. The van der Waals surface area contributed by atoms with Gasteiger partial charge in [-0.05, 0) is 54.2 Å². The summed E-state index contributed by atoms with van der Waals surface area (Å²) in [7, 11) is 0. The molecule has 10 heteroatoms. The predicted molar refractivity (Wildman–Crippen MR) is 122 cm³/mol. The van der Waals surface area contributed by atoms with Crippen LogP contribution in [0.3, 0.4) is 0 Å². The minimum absolute atomic E-state index is 0.00432. The second-order valence-electron chi connectivity index (χ2n) is 7.10. The zero-order chi connectivity index (χ0) is 22.7. The van der Waals surface area contributed by atoms with Crippen molar-refractivity contribution in [3.05, 3.63) is 63.8 Å². The third-order valence-corrected chi connectivity index (χ3v) is 6.21. The molecule has 2 saturated heterocycles. The number of nitrogens with one attached hydrogen (secondary N) is 1. The molecule has 0 atom stereocenters. The normalized spacial score (nSPS) is 17.9. The van der Waals surface area contributed by atoms with Crippen LogP contribution in [0.5, 0.6) is 0 Å². The lowest BCUT2D eigenvalue weighted by atomic mass is 10.2. The van der Waals surface area contributed by atoms with Gasteiger partial charge in [0.2, 0.25) is 5.91 Å². The maximum absolute atomic E-state index is 14.0. The number of carbonyl (C=O) groups excluding carboxylic acids is 3. The fourth-order valence-corrected chi connectivity index (χ4v) is 4.37. The lowest BCUT2D eigenvalue weighted by molar-refractivity contribution is -0.127. The Kier molecular flexibility index (Phi) is 6.78. The summed E-state index contributed by atoms with van der Waals surface area (Å²) in [5.41, 5.74) is 1.59. The summed E-state index contributed by atoms with van der Waals surface area (Å²) in [6.07, 6.45) is 1.23. The highest BCUT2D eigenvalue weighted by molar-refractivity contribution is 8.18. The van der Waals surface area contributed by atoms with Crippen molar-refractivity contribution >= 4 is 57.9 Å². The van der Waals surface area contributed by atoms with E-state index in [2.05, 4.69) is 10.2 Å². The monoisotopic (exact) mass is 475 g/mol. The van der Waals surface area contributed by atoms with E-state index in [1.54, 1.807) is 12.1 Å². The van der Waals surface area contributed by atoms with Gasteiger partial charge in [-0.15, -0.1) is 0 Å². The highest BCUT2D eigenvalue weighted by atomic mass is 35.5. The Morgan fingerprint density at radius 1 is 1.16 bits per heavy atom. The number of thioether (sulfide) groups is 1. The van der Waals surface area contributed by atoms with Crippen LogP contribution in [0.25, 0.3) is 6.08 Å². The summed E-state index contributed by atoms with van der Waals surface area (Å²) in [5.74, 6) is -1.80. The Hall–Kier alpha value is -2.88. The zero-order valence-corrected chi connectivity index (χ0v) is 18.4. The first kappa shape index (κ1) is 22.3. The number of halogens is 2. The minimum atomic E-state index is -0.669. The van der Waals surface area contributed by atoms with Gasteiger partial charge in [0.25, 0.3) is 11.1 Å². The smallest absolute Gasteiger partial charge is 0.294 e. The Morgan fingerprint density at radius 2 is 1.88 bits per heavy atom. The number of hydrogen-bond donors (Lipinski definition) is 1. The summed E-state index contributed by atoms with van der Waals surface area (Å²) < 4.78 is 19.3. The molecule has 0 aliphatic carbocycles. The SMILES string of the molecule is O=C(CN1C(=O)S/C(=C\c2c(F)cccc2Cl)C1=O)Nc1ccc(N2CCOCC2)cc1. The maximum Gasteiger partial charge on any atom is 0.294 e. The fourth-order valence-electron chi connectivity index (χ4n) is 3.34. The number of imide groups is 1. The van der Waals surface area contributed by atoms with Crippen LogP contribution in [0.4, 0.5) is 20.6 Å². The van der Waals surface area contributed by atoms with Gasteiger partial charge in [0.15, 0.2) is 0 Å². The Balaban J connectivity index is 1.39. The van der Waals surface area contributed by atoms with Crippen LogP contribution in [-0.2, 0) is 14.3 Å². The molecule has 2 aromatic carbocycles. The Morgan fingerprint density at radius 3 is 2.56 bits per heavy atom. The van der Waals surface area contributed by atoms with Crippen LogP contribution in [0.15, 0.2) is 47.4 Å². The van der Waals surface area contributed by atoms with Gasteiger partial charge in [-0.2, -0.15) is 0 Å². The van der Waals surface area contributed by atoms with Gasteiger partial charge in [-0.25, -0.2) is 4.39 Å². The van der Waals surface area contributed by atoms with Crippen molar-refractivity contribution in [3.63, 3.8) is 0 Å². The van der Waals surface area contributed by atoms with E-state index >= 15 is 0 Å². The Bertz CT molecular complexity index is 1070. The van der Waals surface area contributed by atoms with E-state index in [1.165, 1.54) is 24.3 Å². The third kappa shape index (κ3) is 4.95. The van der Waals surface area contributed by atoms with E-state index < -0.39 is 29.4 Å². The summed E-state index contributed by atoms with van der Waals surface area (Å²) in [6.45, 7) is 2.51. The van der Waals surface area contributed by atoms with Crippen molar-refractivity contribution < 1.29 is 23.5 Å². The van der Waals surface area contributed by atoms with Crippen molar-refractivity contribution in [1.29, 1.82) is 0 Å². The number of carbonyl (C=O) groups is 3. The van der Waals surface area contributed by atoms with Crippen LogP contribution < -0.4 is 10.2 Å². The molecule has 7 nitrogen and oxygen atoms in total. The van der Waals surface area contributed by atoms with Crippen molar-refractivity contribution in [2.45, 2.75) is 0 Å². The summed E-state index contributed by atoms with van der Waals surface area (Å²) in [4.78, 5) is 40.3. The molecule has 2 heterocycles. The van der Waals surface area contributed by atoms with Gasteiger partial charge in [-0.1, -0.05) is 17.7 Å². The quantitative estimate of drug-likeness (QED) is 0.659. The Labute approximate surface area is 193 Å². The lowest BCUT2D eigenvalue weighted by Gasteiger charge is -2.28. The van der Waals surface area contributed by atoms with Crippen molar-refractivity contribution in [1.82, 2.24) is 4.90 Å². The van der Waals surface area contributed by atoms with E-state index in [-0.39, 0.29) is 15.5 Å². The van der Waals surface area contributed by atoms with Crippen LogP contribution >= 0.6 is 23.4 Å². The predicted octanol–water partition coefficient (Wildman–Crippen LogP) is 3.99. The van der Waals surface area contributed by atoms with Crippen LogP contribution in [0, 0.1) is 5.82 Å². The molecule has 0 spiro atoms. The first-order chi connectivity index (χ1) is 15.4. The van der Waals surface area contributed by atoms with Gasteiger partial charge in [0.1, 0.15) is 12.4 Å². The average Bonchev–Trinajstić information content (AvgIpc) is 3.05. The lowest BCUT2D eigenvalue weighted by Crippen LogP contribution is -2.36. The van der Waals surface area contributed by atoms with E-state index in [1.807, 2.05) is 12.1 Å². The molecule has 0 radical (unpaired) electrons. The number of amides is 3. The molecule has 0 saturated carbocycles. The molecule has 3 amide bonds. The maximum atomic E-state index is 14.0. The number of ether oxygens (including phenoxy) is 1. The molecule has 0 bridgehead atoms. The van der Waals surface area contributed by atoms with Gasteiger partial charge < -0.3 is 15.0 Å². The van der Waals surface area contributed by atoms with Crippen molar-refractivity contribution in [2.75, 3.05) is 43.1 Å². The molecular weight excluding hydrogens is 457 g/mol. The molecule has 4 rings (SSSR count). The van der Waals surface area contributed by atoms with Gasteiger partial charge in [0, 0.05) is 30.0 Å². The molecule has 0 aromatic heterocycles. The molecule has 2 fully saturated rings. The third-order valence-electron chi connectivity index (χ3n) is 4.98. The first-order valence-electron chi connectivity index (χ1n) is 9.84. The molecule has 1 N–H and O–H groups in total. The van der Waals surface area contributed by atoms with Crippen LogP contribution in [0.2, 0.25) is 5.02 Å². The number of anilines is 2. The molecular formula is C22H19ClFN3O4S. The van der Waals surface area contributed by atoms with Gasteiger partial charge >= 0.3 is 0 Å². The second-order valence-corrected chi connectivity index (χ2v) is 8.50. The number of benzene rings is 2. The van der Waals surface area contributed by atoms with Crippen molar-refractivity contribution in [2.24, 2.45) is 0 Å². The number of nitrogens with zero attached hydrogens (tertiary/aromatic N) is 2. The largest absolute Gasteiger partial charge is 0.378 e. The fraction of sp³-hybridized carbons (Fsp3) is 0.227. The molecule has 2 aromatic rings. The molecule has 32 heavy (non-hydrogen) atoms. The number of rotatable bonds is 5. The average molecular weight is 476 g/mol. The van der Waals surface area contributed by atoms with Gasteiger partial charge in [0.05, 0.1) is 23.1 Å². The van der Waals surface area contributed by atoms with E-state index in [9.17, 15) is 18.8 Å². The van der Waals surface area contributed by atoms with Crippen LogP contribution in [0.1, 0.15) is 5.56 Å². The van der Waals surface area contributed by atoms with E-state index in [0.29, 0.717) is 30.7 Å². The topological polar surface area (TPSA) is 79.0 Å². The second kappa shape index (κ2) is 9.72. The number of hydrogen-bond acceptors (Lipinski definition) is 6. The molecule has 2 aliphatic heterocycles. The van der Waals surface area contributed by atoms with Crippen LogP contribution in [-0.4, -0.2) is 54.8 Å². The summed E-state index contributed by atoms with van der Waals surface area (Å²) >= 11 is 6.62. The summed E-state index contributed by atoms with van der Waals surface area (Å²) in [5, 5.41) is 2.20. The highest BCUT2D eigenvalue weighted by Crippen LogP contribution is 2.34. The molecule has 166 valence electrons. The molecule has 2 aliphatic rings. The highest BCUT2D eigenvalue weighted by Gasteiger charge is 2.36. The van der Waals surface area contributed by atoms with E-state index in [4.69, 9.17) is 16.3 Å². The molecule has 0 unspecified atom stereocenters. The first-order valence-corrected chi connectivity index (χ1v) is 11.0.